The third-order valence-electron chi connectivity index (χ3n) is 4.41. The Balaban J connectivity index is 1.84. The lowest BCUT2D eigenvalue weighted by atomic mass is 10.2. The van der Waals surface area contributed by atoms with Gasteiger partial charge in [-0.25, -0.2) is 14.2 Å². The van der Waals surface area contributed by atoms with Crippen molar-refractivity contribution in [3.8, 4) is 11.8 Å². The number of nitriles is 1. The van der Waals surface area contributed by atoms with E-state index in [2.05, 4.69) is 16.3 Å². The van der Waals surface area contributed by atoms with E-state index in [9.17, 15) is 14.9 Å². The molecule has 0 fully saturated rings. The normalized spacial score (nSPS) is 10.5. The van der Waals surface area contributed by atoms with Gasteiger partial charge in [-0.15, -0.1) is 0 Å². The first-order valence-corrected chi connectivity index (χ1v) is 9.34. The molecule has 0 aliphatic rings. The fourth-order valence-electron chi connectivity index (χ4n) is 2.87. The van der Waals surface area contributed by atoms with Crippen LogP contribution in [0.25, 0.3) is 5.69 Å². The van der Waals surface area contributed by atoms with E-state index in [4.69, 9.17) is 4.74 Å². The van der Waals surface area contributed by atoms with Gasteiger partial charge in [-0.2, -0.15) is 15.5 Å². The van der Waals surface area contributed by atoms with Crippen LogP contribution in [-0.2, 0) is 17.9 Å². The molecule has 0 spiro atoms. The molecule has 0 saturated heterocycles. The molecular weight excluding hydrogens is 370 g/mol. The average molecular weight is 391 g/mol. The van der Waals surface area contributed by atoms with Crippen LogP contribution in [0.5, 0.6) is 0 Å². The molecule has 0 atom stereocenters. The number of para-hydroxylation sites is 1. The number of carbonyl (C=O) groups excluding carboxylic acids is 1. The monoisotopic (exact) mass is 391 g/mol. The van der Waals surface area contributed by atoms with E-state index < -0.39 is 5.97 Å². The van der Waals surface area contributed by atoms with Gasteiger partial charge in [0.25, 0.3) is 5.56 Å². The molecule has 0 aliphatic heterocycles. The maximum Gasteiger partial charge on any atom is 0.359 e. The molecule has 0 radical (unpaired) electrons. The zero-order chi connectivity index (χ0) is 20.8. The van der Waals surface area contributed by atoms with Crippen molar-refractivity contribution >= 4 is 5.97 Å². The average Bonchev–Trinajstić information content (AvgIpc) is 3.07. The molecule has 3 rings (SSSR count). The number of nitrogens with zero attached hydrogens (tertiary/aromatic N) is 5. The van der Waals surface area contributed by atoms with E-state index in [1.807, 2.05) is 37.3 Å². The molecule has 0 saturated carbocycles. The van der Waals surface area contributed by atoms with Crippen molar-refractivity contribution in [3.05, 3.63) is 75.5 Å². The minimum atomic E-state index is -0.669. The molecular formula is C21H21N5O3. The van der Waals surface area contributed by atoms with E-state index >= 15 is 0 Å². The summed E-state index contributed by atoms with van der Waals surface area (Å²) in [5.74, 6) is -0.669. The van der Waals surface area contributed by atoms with Crippen molar-refractivity contribution < 1.29 is 9.53 Å². The van der Waals surface area contributed by atoms with Crippen LogP contribution < -0.4 is 5.56 Å². The summed E-state index contributed by atoms with van der Waals surface area (Å²) in [5, 5.41) is 18.0. The second-order valence-electron chi connectivity index (χ2n) is 6.48. The van der Waals surface area contributed by atoms with Crippen LogP contribution in [0.3, 0.4) is 0 Å². The summed E-state index contributed by atoms with van der Waals surface area (Å²) in [6.45, 7) is 4.03. The number of hydrogen-bond acceptors (Lipinski definition) is 6. The lowest BCUT2D eigenvalue weighted by molar-refractivity contribution is 0.0454. The smallest absolute Gasteiger partial charge is 0.359 e. The lowest BCUT2D eigenvalue weighted by Gasteiger charge is -2.09. The first-order chi connectivity index (χ1) is 14.0. The van der Waals surface area contributed by atoms with Gasteiger partial charge in [0, 0.05) is 12.6 Å². The standard InChI is InChI=1S/C21H21N5O3/c1-3-4-12-25-20(27)11-10-18(24-25)21(28)29-14-19-17(13-22)15(2)23-26(19)16-8-6-5-7-9-16/h5-11H,3-4,12,14H2,1-2H3. The number of ether oxygens (including phenoxy) is 1. The summed E-state index contributed by atoms with van der Waals surface area (Å²) >= 11 is 0. The predicted octanol–water partition coefficient (Wildman–Crippen LogP) is 2.77. The second-order valence-corrected chi connectivity index (χ2v) is 6.48. The van der Waals surface area contributed by atoms with Crippen LogP contribution in [0.1, 0.15) is 47.2 Å². The Bertz CT molecular complexity index is 1110. The SMILES string of the molecule is CCCCn1nc(C(=O)OCc2c(C#N)c(C)nn2-c2ccccc2)ccc1=O. The minimum Gasteiger partial charge on any atom is -0.454 e. The Morgan fingerprint density at radius 2 is 1.93 bits per heavy atom. The number of rotatable bonds is 7. The Morgan fingerprint density at radius 1 is 1.17 bits per heavy atom. The number of carbonyl (C=O) groups is 1. The van der Waals surface area contributed by atoms with Crippen LogP contribution in [-0.4, -0.2) is 25.5 Å². The van der Waals surface area contributed by atoms with Gasteiger partial charge in [0.2, 0.25) is 0 Å². The quantitative estimate of drug-likeness (QED) is 0.574. The molecule has 0 N–H and O–H groups in total. The number of aryl methyl sites for hydroxylation is 2. The maximum atomic E-state index is 12.5. The third-order valence-corrected chi connectivity index (χ3v) is 4.41. The van der Waals surface area contributed by atoms with Crippen molar-refractivity contribution in [1.29, 1.82) is 5.26 Å². The van der Waals surface area contributed by atoms with E-state index in [0.717, 1.165) is 18.5 Å². The largest absolute Gasteiger partial charge is 0.454 e. The molecule has 0 bridgehead atoms. The minimum absolute atomic E-state index is 0.0432. The third kappa shape index (κ3) is 4.41. The summed E-state index contributed by atoms with van der Waals surface area (Å²) in [6, 6.07) is 14.1. The van der Waals surface area contributed by atoms with Gasteiger partial charge in [0.05, 0.1) is 17.1 Å². The van der Waals surface area contributed by atoms with Gasteiger partial charge in [-0.3, -0.25) is 4.79 Å². The predicted molar refractivity (Wildman–Crippen MR) is 106 cm³/mol. The lowest BCUT2D eigenvalue weighted by Crippen LogP contribution is -2.25. The van der Waals surface area contributed by atoms with Gasteiger partial charge in [0.1, 0.15) is 18.2 Å². The van der Waals surface area contributed by atoms with Crippen molar-refractivity contribution in [2.75, 3.05) is 0 Å². The van der Waals surface area contributed by atoms with Crippen LogP contribution in [0.4, 0.5) is 0 Å². The highest BCUT2D eigenvalue weighted by atomic mass is 16.5. The molecule has 1 aromatic carbocycles. The topological polar surface area (TPSA) is 103 Å². The molecule has 2 heterocycles. The fourth-order valence-corrected chi connectivity index (χ4v) is 2.87. The summed E-state index contributed by atoms with van der Waals surface area (Å²) in [7, 11) is 0. The van der Waals surface area contributed by atoms with Crippen molar-refractivity contribution in [3.63, 3.8) is 0 Å². The highest BCUT2D eigenvalue weighted by Gasteiger charge is 2.19. The van der Waals surface area contributed by atoms with E-state index in [-0.39, 0.29) is 17.9 Å². The Morgan fingerprint density at radius 3 is 2.62 bits per heavy atom. The molecule has 0 amide bonds. The van der Waals surface area contributed by atoms with Gasteiger partial charge < -0.3 is 4.74 Å². The first-order valence-electron chi connectivity index (χ1n) is 9.34. The van der Waals surface area contributed by atoms with Crippen LogP contribution in [0.15, 0.2) is 47.3 Å². The summed E-state index contributed by atoms with van der Waals surface area (Å²) in [4.78, 5) is 24.4. The first kappa shape index (κ1) is 20.0. The Hall–Kier alpha value is -3.73. The van der Waals surface area contributed by atoms with E-state index in [0.29, 0.717) is 23.5 Å². The van der Waals surface area contributed by atoms with Gasteiger partial charge in [-0.1, -0.05) is 31.5 Å². The number of unbranched alkanes of at least 4 members (excludes halogenated alkanes) is 1. The highest BCUT2D eigenvalue weighted by molar-refractivity contribution is 5.86. The molecule has 0 unspecified atom stereocenters. The Kier molecular flexibility index (Phi) is 6.19. The molecule has 8 heteroatoms. The summed E-state index contributed by atoms with van der Waals surface area (Å²) in [6.07, 6.45) is 1.69. The maximum absolute atomic E-state index is 12.5. The molecule has 148 valence electrons. The number of aromatic nitrogens is 4. The number of benzene rings is 1. The highest BCUT2D eigenvalue weighted by Crippen LogP contribution is 2.19. The van der Waals surface area contributed by atoms with Gasteiger partial charge in [-0.05, 0) is 31.5 Å². The van der Waals surface area contributed by atoms with E-state index in [1.165, 1.54) is 16.8 Å². The molecule has 29 heavy (non-hydrogen) atoms. The zero-order valence-corrected chi connectivity index (χ0v) is 16.3. The van der Waals surface area contributed by atoms with Crippen molar-refractivity contribution in [2.24, 2.45) is 0 Å². The molecule has 2 aromatic heterocycles. The molecule has 8 nitrogen and oxygen atoms in total. The van der Waals surface area contributed by atoms with Crippen LogP contribution >= 0.6 is 0 Å². The zero-order valence-electron chi connectivity index (χ0n) is 16.3. The van der Waals surface area contributed by atoms with Crippen molar-refractivity contribution in [2.45, 2.75) is 39.8 Å². The fraction of sp³-hybridized carbons (Fsp3) is 0.286. The summed E-state index contributed by atoms with van der Waals surface area (Å²) < 4.78 is 8.26. The summed E-state index contributed by atoms with van der Waals surface area (Å²) in [5.41, 5.74) is 1.93. The molecule has 3 aromatic rings. The van der Waals surface area contributed by atoms with Crippen molar-refractivity contribution in [1.82, 2.24) is 19.6 Å². The number of esters is 1. The van der Waals surface area contributed by atoms with E-state index in [1.54, 1.807) is 11.6 Å². The molecule has 0 aliphatic carbocycles. The second kappa shape index (κ2) is 8.97. The van der Waals surface area contributed by atoms with Crippen LogP contribution in [0.2, 0.25) is 0 Å². The Labute approximate surface area is 168 Å². The van der Waals surface area contributed by atoms with Crippen LogP contribution in [0, 0.1) is 18.3 Å². The van der Waals surface area contributed by atoms with Gasteiger partial charge >= 0.3 is 5.97 Å². The van der Waals surface area contributed by atoms with Gasteiger partial charge in [0.15, 0.2) is 5.69 Å². The number of hydrogen-bond donors (Lipinski definition) is 0.